The lowest BCUT2D eigenvalue weighted by molar-refractivity contribution is -0.137. The van der Waals surface area contributed by atoms with Crippen LogP contribution in [0.2, 0.25) is 30.1 Å². The van der Waals surface area contributed by atoms with Crippen molar-refractivity contribution in [3.63, 3.8) is 0 Å². The van der Waals surface area contributed by atoms with E-state index in [1.165, 1.54) is 49.2 Å². The van der Waals surface area contributed by atoms with Crippen LogP contribution in [-0.2, 0) is 63.2 Å². The van der Waals surface area contributed by atoms with Crippen molar-refractivity contribution in [2.75, 3.05) is 6.61 Å². The number of carbonyl (C=O) groups is 10. The number of nitrogens with zero attached hydrogens (tertiary/aromatic N) is 5. The van der Waals surface area contributed by atoms with Gasteiger partial charge >= 0.3 is 29.8 Å². The maximum Gasteiger partial charge on any atom is 0.335 e. The molecule has 26 nitrogen and oxygen atoms in total. The highest BCUT2D eigenvalue weighted by atomic mass is 35.5. The molecule has 4 atom stereocenters. The number of halogens is 7. The van der Waals surface area contributed by atoms with E-state index in [1.54, 1.807) is 95.9 Å². The summed E-state index contributed by atoms with van der Waals surface area (Å²) in [6.07, 6.45) is 2.85. The number of nitrogens with one attached hydrogen (secondary N) is 5. The predicted octanol–water partition coefficient (Wildman–Crippen LogP) is 22.2. The Hall–Kier alpha value is -13.8. The first kappa shape index (κ1) is 104. The number of aromatic nitrogens is 5. The minimum Gasteiger partial charge on any atom is -0.481 e. The first-order valence-electron chi connectivity index (χ1n) is 44.1. The average molecular weight is 2000 g/mol. The summed E-state index contributed by atoms with van der Waals surface area (Å²) in [5.41, 5.74) is 15.7. The number of carboxylic acid groups (broad SMARTS) is 5. The van der Waals surface area contributed by atoms with Gasteiger partial charge in [-0.3, -0.25) is 33.6 Å². The molecule has 0 bridgehead atoms. The number of rotatable bonds is 25. The van der Waals surface area contributed by atoms with Crippen molar-refractivity contribution >= 4 is 184 Å². The molecule has 1 aliphatic rings. The van der Waals surface area contributed by atoms with Crippen LogP contribution in [0.5, 0.6) is 0 Å². The minimum absolute atomic E-state index is 0.0167. The molecule has 3 unspecified atom stereocenters. The van der Waals surface area contributed by atoms with E-state index in [4.69, 9.17) is 95.1 Å². The zero-order valence-electron chi connectivity index (χ0n) is 78.3. The zero-order valence-corrected chi connectivity index (χ0v) is 82.9. The van der Waals surface area contributed by atoms with Gasteiger partial charge in [-0.1, -0.05) is 180 Å². The summed E-state index contributed by atoms with van der Waals surface area (Å²) in [6.45, 7) is 16.5. The van der Waals surface area contributed by atoms with Gasteiger partial charge < -0.3 is 80.1 Å². The van der Waals surface area contributed by atoms with Gasteiger partial charge in [0, 0.05) is 100 Å². The number of aliphatic hydroxyl groups excluding tert-OH is 1. The van der Waals surface area contributed by atoms with E-state index >= 15 is 0 Å². The summed E-state index contributed by atoms with van der Waals surface area (Å²) in [7, 11) is 9.06. The molecular weight excluding hydrogens is 1900 g/mol. The topological polar surface area (TPSA) is 377 Å². The Morgan fingerprint density at radius 1 is 0.374 bits per heavy atom. The fraction of sp³-hybridized carbons (Fsp3) is 0.245. The van der Waals surface area contributed by atoms with Crippen molar-refractivity contribution in [2.24, 2.45) is 41.2 Å². The normalized spacial score (nSPS) is 12.6. The Labute approximate surface area is 830 Å². The van der Waals surface area contributed by atoms with Gasteiger partial charge in [0.15, 0.2) is 0 Å². The monoisotopic (exact) mass is 2000 g/mol. The summed E-state index contributed by atoms with van der Waals surface area (Å²) in [5, 5.41) is 76.8. The van der Waals surface area contributed by atoms with Gasteiger partial charge in [0.25, 0.3) is 29.5 Å². The van der Waals surface area contributed by atoms with Gasteiger partial charge in [0.05, 0.1) is 91.0 Å². The molecule has 1 saturated carbocycles. The van der Waals surface area contributed by atoms with E-state index < -0.39 is 65.8 Å². The fourth-order valence-corrected chi connectivity index (χ4v) is 17.8. The molecule has 0 saturated heterocycles. The summed E-state index contributed by atoms with van der Waals surface area (Å²) in [4.78, 5) is 119. The van der Waals surface area contributed by atoms with Crippen molar-refractivity contribution in [1.29, 1.82) is 0 Å². The molecule has 1 aliphatic carbocycles. The van der Waals surface area contributed by atoms with Crippen LogP contribution in [-0.4, -0.2) is 119 Å². The second-order valence-corrected chi connectivity index (χ2v) is 37.4. The number of amides is 5. The Balaban J connectivity index is 0.000000156. The van der Waals surface area contributed by atoms with E-state index in [0.717, 1.165) is 117 Å². The molecule has 0 radical (unpaired) electrons. The second kappa shape index (κ2) is 43.9. The van der Waals surface area contributed by atoms with Crippen LogP contribution in [0.4, 0.5) is 4.39 Å². The van der Waals surface area contributed by atoms with E-state index in [0.29, 0.717) is 75.7 Å². The van der Waals surface area contributed by atoms with Gasteiger partial charge in [-0.15, -0.1) is 0 Å². The first-order chi connectivity index (χ1) is 65.7. The highest BCUT2D eigenvalue weighted by Gasteiger charge is 2.32. The molecule has 16 rings (SSSR count). The number of aromatic carboxylic acids is 3. The molecule has 10 aromatic carbocycles. The predicted molar refractivity (Wildman–Crippen MR) is 541 cm³/mol. The highest BCUT2D eigenvalue weighted by molar-refractivity contribution is 6.39. The first-order valence-corrected chi connectivity index (χ1v) is 46.3. The van der Waals surface area contributed by atoms with E-state index in [-0.39, 0.29) is 70.8 Å². The van der Waals surface area contributed by atoms with Crippen LogP contribution >= 0.6 is 69.6 Å². The van der Waals surface area contributed by atoms with Crippen LogP contribution in [0.3, 0.4) is 0 Å². The summed E-state index contributed by atoms with van der Waals surface area (Å²) >= 11 is 38.1. The average Bonchev–Trinajstić information content (AvgIpc) is 1.54. The number of aliphatic carboxylic acids is 2. The van der Waals surface area contributed by atoms with Crippen LogP contribution in [0, 0.1) is 46.4 Å². The number of fused-ring (bicyclic) bond motifs is 5. The van der Waals surface area contributed by atoms with Crippen molar-refractivity contribution < 1.29 is 83.0 Å². The Morgan fingerprint density at radius 3 is 1.04 bits per heavy atom. The molecule has 722 valence electrons. The van der Waals surface area contributed by atoms with Crippen LogP contribution in [0.15, 0.2) is 200 Å². The number of aryl methyl sites for hydroxylation is 10. The Kier molecular flexibility index (Phi) is 32.9. The van der Waals surface area contributed by atoms with Crippen molar-refractivity contribution in [1.82, 2.24) is 49.4 Å². The molecule has 11 N–H and O–H groups in total. The second-order valence-electron chi connectivity index (χ2n) is 35.1. The molecule has 33 heteroatoms. The molecule has 1 fully saturated rings. The third kappa shape index (κ3) is 23.8. The summed E-state index contributed by atoms with van der Waals surface area (Å²) < 4.78 is 23.4. The number of carboxylic acids is 5. The Bertz CT molecular complexity index is 7360. The smallest absolute Gasteiger partial charge is 0.335 e. The Morgan fingerprint density at radius 2 is 0.691 bits per heavy atom. The molecule has 15 aromatic rings. The van der Waals surface area contributed by atoms with Gasteiger partial charge in [-0.05, 0) is 239 Å². The van der Waals surface area contributed by atoms with Gasteiger partial charge in [0.1, 0.15) is 34.3 Å². The number of hydrogen-bond acceptors (Lipinski definition) is 11. The SMILES string of the molecule is Cc1ccc2c(cc(C(=O)NC(C)(C)c3ccc(C(=O)O)cc3)n2C)c1Cl.Cc1ccc2c(cc(C(=O)NC(C)c3ccc(C(=O)O)cc3Cl)n2C)c1Cl.Cc1ccc2c(cc(C(=O)NC(C)c3ccc(CC(=O)O)cc3)n2C)c1Cl.Cc1ccc2c(cc(C(=O)NC(CC3CC3)c3ccc(C(=O)O)cc3)n2C)c1Cl.Cc1ccc2c(cc(C(=O)N[C@H](CO)c3ccc(CC(=O)O)cc3F)n2C)c1Cl. The number of benzene rings is 10. The summed E-state index contributed by atoms with van der Waals surface area (Å²) in [5.74, 6) is -6.37. The lowest BCUT2D eigenvalue weighted by atomic mass is 9.93. The molecular formula is C106H103Cl6FN10O16. The maximum absolute atomic E-state index is 14.5. The third-order valence-electron chi connectivity index (χ3n) is 24.9. The molecule has 0 spiro atoms. The van der Waals surface area contributed by atoms with Gasteiger partial charge in [-0.2, -0.15) is 0 Å². The minimum atomic E-state index is -1.08. The summed E-state index contributed by atoms with van der Waals surface area (Å²) in [6, 6.07) is 55.2. The number of aliphatic hydroxyl groups is 1. The molecule has 139 heavy (non-hydrogen) atoms. The fourth-order valence-electron chi connectivity index (χ4n) is 16.4. The van der Waals surface area contributed by atoms with E-state index in [1.807, 2.05) is 182 Å². The lowest BCUT2D eigenvalue weighted by Crippen LogP contribution is -2.41. The molecule has 0 aliphatic heterocycles. The molecule has 5 aromatic heterocycles. The standard InChI is InChI=1S/C23H23ClN2O3.C21H20ClFN2O4.2C21H21ClN2O3.C20H18Cl2N2O3/c1-13-3-10-19-17(21(13)24)12-20(26(19)2)22(27)25-18(11-14-4-5-14)15-6-8-16(9-7-15)23(28)29;1-11-3-6-17-14(20(11)22)9-18(25(17)2)21(29)24-16(10-26)13-5-4-12(7-15(13)23)8-19(27)28;1-12-5-10-16-15(18(12)22)11-17(24(16)4)19(25)23-21(2,3)14-8-6-13(7-9-14)20(26)27;1-12-4-9-17-16(20(12)22)11-18(24(17)3)21(27)23-13(2)15-7-5-14(6-8-15)10-19(25)26;1-10-4-7-16-14(18(10)22)9-17(24(16)3)19(25)23-11(2)13-6-5-12(20(26)27)8-15(13)21/h3,6-10,12,14,18H,4-5,11H2,1-2H3,(H,25,27)(H,28,29);3-7,9,16,26H,8,10H2,1-2H3,(H,24,29)(H,27,28);5-11H,1-4H3,(H,23,25)(H,26,27);4-9,11,13H,10H2,1-3H3,(H,23,27)(H,25,26);4-9,11H,1-3H3,(H,23,25)(H,26,27)/t;16-;;;/m.1.../s1. The van der Waals surface area contributed by atoms with Crippen molar-refractivity contribution in [3.8, 4) is 0 Å². The molecule has 5 heterocycles. The van der Waals surface area contributed by atoms with Crippen molar-refractivity contribution in [3.05, 3.63) is 348 Å². The number of hydrogen-bond donors (Lipinski definition) is 11. The van der Waals surface area contributed by atoms with Gasteiger partial charge in [0.2, 0.25) is 0 Å². The third-order valence-corrected chi connectivity index (χ3v) is 27.7. The zero-order chi connectivity index (χ0) is 102. The number of carbonyl (C=O) groups excluding carboxylic acids is 5. The van der Waals surface area contributed by atoms with Crippen LogP contribution < -0.4 is 26.6 Å². The van der Waals surface area contributed by atoms with Gasteiger partial charge in [-0.25, -0.2) is 18.8 Å². The quantitative estimate of drug-likeness (QED) is 0.0253. The van der Waals surface area contributed by atoms with Crippen molar-refractivity contribution in [2.45, 2.75) is 124 Å². The van der Waals surface area contributed by atoms with E-state index in [9.17, 15) is 57.4 Å². The maximum atomic E-state index is 14.5. The van der Waals surface area contributed by atoms with Crippen LogP contribution in [0.1, 0.15) is 221 Å². The largest absolute Gasteiger partial charge is 0.481 e. The van der Waals surface area contributed by atoms with Crippen LogP contribution in [0.25, 0.3) is 54.5 Å². The molecule has 5 amide bonds. The lowest BCUT2D eigenvalue weighted by Gasteiger charge is -2.27. The highest BCUT2D eigenvalue weighted by Crippen LogP contribution is 2.40. The van der Waals surface area contributed by atoms with E-state index in [2.05, 4.69) is 26.6 Å².